The molecule has 0 fully saturated rings. The fourth-order valence-corrected chi connectivity index (χ4v) is 1.28. The van der Waals surface area contributed by atoms with Crippen molar-refractivity contribution in [3.8, 4) is 0 Å². The molecule has 0 aliphatic carbocycles. The third kappa shape index (κ3) is 3.85. The fourth-order valence-electron chi connectivity index (χ4n) is 0.267. The fraction of sp³-hybridized carbons (Fsp3) is 0. The van der Waals surface area contributed by atoms with Crippen LogP contribution in [0.1, 0.15) is 0 Å². The lowest BCUT2D eigenvalue weighted by Gasteiger charge is -1.69. The van der Waals surface area contributed by atoms with Crippen molar-refractivity contribution in [2.24, 2.45) is 0 Å². The molecule has 0 aliphatic heterocycles. The van der Waals surface area contributed by atoms with Crippen molar-refractivity contribution >= 4 is 49.4 Å². The molecule has 5 N–H and O–H groups in total. The van der Waals surface area contributed by atoms with Crippen LogP contribution in [-0.2, 0) is 0 Å². The van der Waals surface area contributed by atoms with Crippen molar-refractivity contribution in [2.75, 3.05) is 5.73 Å². The van der Waals surface area contributed by atoms with Crippen LogP contribution in [0.3, 0.4) is 0 Å². The summed E-state index contributed by atoms with van der Waals surface area (Å²) in [6.45, 7) is 0. The molecule has 0 saturated heterocycles. The number of rotatable bonds is 0. The molecule has 9 heavy (non-hydrogen) atoms. The quantitative estimate of drug-likeness (QED) is 0.763. The molecule has 0 spiro atoms. The van der Waals surface area contributed by atoms with E-state index in [9.17, 15) is 0 Å². The van der Waals surface area contributed by atoms with Crippen LogP contribution in [0.25, 0.3) is 0 Å². The molecule has 0 radical (unpaired) electrons. The summed E-state index contributed by atoms with van der Waals surface area (Å²) in [6, 6.07) is 0. The molecule has 0 aliphatic rings. The number of nitrogen functional groups attached to an aromatic ring is 1. The summed E-state index contributed by atoms with van der Waals surface area (Å²) in [5.41, 5.74) is 5.26. The van der Waals surface area contributed by atoms with Gasteiger partial charge in [-0.15, -0.1) is 17.0 Å². The molecule has 1 aromatic heterocycles. The van der Waals surface area contributed by atoms with Gasteiger partial charge < -0.3 is 11.9 Å². The number of nitrogens with two attached hydrogens (primary N) is 1. The normalized spacial score (nSPS) is 7.22. The molecule has 1 rings (SSSR count). The van der Waals surface area contributed by atoms with Crippen LogP contribution in [0, 0.1) is 0 Å². The van der Waals surface area contributed by atoms with Gasteiger partial charge in [-0.25, -0.2) is 4.98 Å². The Hall–Kier alpha value is 0.350. The van der Waals surface area contributed by atoms with Crippen LogP contribution in [0.15, 0.2) is 9.98 Å². The molecule has 0 unspecified atom stereocenters. The lowest BCUT2D eigenvalue weighted by Crippen LogP contribution is -1.77. The van der Waals surface area contributed by atoms with Gasteiger partial charge in [-0.05, 0) is 15.9 Å². The van der Waals surface area contributed by atoms with Crippen LogP contribution in [0.2, 0.25) is 0 Å². The van der Waals surface area contributed by atoms with Crippen LogP contribution < -0.4 is 11.9 Å². The summed E-state index contributed by atoms with van der Waals surface area (Å²) < 4.78 is 0.977. The number of aromatic nitrogens is 1. The van der Waals surface area contributed by atoms with Gasteiger partial charge in [-0.3, -0.25) is 0 Å². The standard InChI is InChI=1S/C3H3BrN2S.BrH.H3N/c4-2-1-6-3(5)7-2;;/h1H,(H2,5,6);1H;1H3. The predicted octanol–water partition coefficient (Wildman–Crippen LogP) is 2.23. The molecule has 54 valence electrons. The SMILES string of the molecule is Br.N.Nc1ncc(Br)s1. The van der Waals surface area contributed by atoms with E-state index >= 15 is 0 Å². The average molecular weight is 277 g/mol. The summed E-state index contributed by atoms with van der Waals surface area (Å²) in [6.07, 6.45) is 1.68. The third-order valence-corrected chi connectivity index (χ3v) is 1.80. The van der Waals surface area contributed by atoms with Crippen LogP contribution in [0.4, 0.5) is 5.13 Å². The van der Waals surface area contributed by atoms with E-state index in [1.54, 1.807) is 6.20 Å². The number of anilines is 1. The number of thiazole rings is 1. The first-order valence-corrected chi connectivity index (χ1v) is 3.27. The maximum atomic E-state index is 5.26. The van der Waals surface area contributed by atoms with E-state index in [-0.39, 0.29) is 23.1 Å². The van der Waals surface area contributed by atoms with Crippen molar-refractivity contribution in [1.29, 1.82) is 0 Å². The Morgan fingerprint density at radius 3 is 2.33 bits per heavy atom. The molecular weight excluding hydrogens is 270 g/mol. The van der Waals surface area contributed by atoms with E-state index in [0.29, 0.717) is 5.13 Å². The van der Waals surface area contributed by atoms with E-state index in [2.05, 4.69) is 20.9 Å². The highest BCUT2D eigenvalue weighted by Gasteiger charge is 1.88. The van der Waals surface area contributed by atoms with Crippen molar-refractivity contribution in [2.45, 2.75) is 0 Å². The predicted molar refractivity (Wildman–Crippen MR) is 49.6 cm³/mol. The summed E-state index contributed by atoms with van der Waals surface area (Å²) in [7, 11) is 0. The minimum absolute atomic E-state index is 0. The number of halogens is 2. The summed E-state index contributed by atoms with van der Waals surface area (Å²) in [4.78, 5) is 3.77. The Labute approximate surface area is 76.1 Å². The highest BCUT2D eigenvalue weighted by atomic mass is 79.9. The summed E-state index contributed by atoms with van der Waals surface area (Å²) >= 11 is 4.63. The van der Waals surface area contributed by atoms with Gasteiger partial charge in [0.1, 0.15) is 0 Å². The van der Waals surface area contributed by atoms with Gasteiger partial charge in [-0.2, -0.15) is 0 Å². The Balaban J connectivity index is 0. The Kier molecular flexibility index (Phi) is 6.92. The lowest BCUT2D eigenvalue weighted by atomic mass is 11.0. The van der Waals surface area contributed by atoms with E-state index < -0.39 is 0 Å². The first kappa shape index (κ1) is 12.1. The monoisotopic (exact) mass is 275 g/mol. The summed E-state index contributed by atoms with van der Waals surface area (Å²) in [5, 5.41) is 0.604. The van der Waals surface area contributed by atoms with Gasteiger partial charge in [0.15, 0.2) is 5.13 Å². The van der Waals surface area contributed by atoms with E-state index in [0.717, 1.165) is 3.79 Å². The molecule has 0 aromatic carbocycles. The third-order valence-electron chi connectivity index (χ3n) is 0.495. The van der Waals surface area contributed by atoms with Gasteiger partial charge in [0, 0.05) is 0 Å². The zero-order chi connectivity index (χ0) is 5.28. The second-order valence-corrected chi connectivity index (χ2v) is 3.44. The minimum Gasteiger partial charge on any atom is -0.375 e. The molecule has 0 atom stereocenters. The molecule has 3 nitrogen and oxygen atoms in total. The highest BCUT2D eigenvalue weighted by molar-refractivity contribution is 9.11. The Morgan fingerprint density at radius 1 is 1.67 bits per heavy atom. The molecule has 6 heteroatoms. The maximum absolute atomic E-state index is 5.26. The Morgan fingerprint density at radius 2 is 2.22 bits per heavy atom. The van der Waals surface area contributed by atoms with Gasteiger partial charge in [0.05, 0.1) is 9.98 Å². The number of hydrogen-bond acceptors (Lipinski definition) is 4. The molecular formula is C3H7Br2N3S. The van der Waals surface area contributed by atoms with Crippen LogP contribution >= 0.6 is 44.2 Å². The Bertz CT molecular complexity index is 149. The van der Waals surface area contributed by atoms with E-state index in [1.807, 2.05) is 0 Å². The molecule has 0 bridgehead atoms. The maximum Gasteiger partial charge on any atom is 0.181 e. The minimum atomic E-state index is 0. The molecule has 1 heterocycles. The van der Waals surface area contributed by atoms with Gasteiger partial charge in [0.25, 0.3) is 0 Å². The second-order valence-electron chi connectivity index (χ2n) is 1.00. The van der Waals surface area contributed by atoms with Crippen molar-refractivity contribution in [3.63, 3.8) is 0 Å². The van der Waals surface area contributed by atoms with Crippen LogP contribution in [0.5, 0.6) is 0 Å². The average Bonchev–Trinajstić information content (AvgIpc) is 1.87. The molecule has 0 saturated carbocycles. The molecule has 1 aromatic rings. The van der Waals surface area contributed by atoms with Crippen molar-refractivity contribution in [1.82, 2.24) is 11.1 Å². The zero-order valence-electron chi connectivity index (χ0n) is 4.50. The molecule has 0 amide bonds. The topological polar surface area (TPSA) is 73.9 Å². The van der Waals surface area contributed by atoms with Crippen molar-refractivity contribution < 1.29 is 0 Å². The van der Waals surface area contributed by atoms with Crippen LogP contribution in [-0.4, -0.2) is 4.98 Å². The zero-order valence-corrected chi connectivity index (χ0v) is 8.62. The largest absolute Gasteiger partial charge is 0.375 e. The van der Waals surface area contributed by atoms with E-state index in [4.69, 9.17) is 5.73 Å². The second kappa shape index (κ2) is 5.16. The van der Waals surface area contributed by atoms with Crippen molar-refractivity contribution in [3.05, 3.63) is 9.98 Å². The first-order chi connectivity index (χ1) is 3.29. The lowest BCUT2D eigenvalue weighted by molar-refractivity contribution is 1.42. The van der Waals surface area contributed by atoms with Gasteiger partial charge >= 0.3 is 0 Å². The first-order valence-electron chi connectivity index (χ1n) is 1.66. The number of hydrogen-bond donors (Lipinski definition) is 2. The van der Waals surface area contributed by atoms with Gasteiger partial charge in [-0.1, -0.05) is 11.3 Å². The van der Waals surface area contributed by atoms with E-state index in [1.165, 1.54) is 11.3 Å². The number of nitrogens with zero attached hydrogens (tertiary/aromatic N) is 1. The smallest absolute Gasteiger partial charge is 0.181 e. The highest BCUT2D eigenvalue weighted by Crippen LogP contribution is 2.19. The summed E-state index contributed by atoms with van der Waals surface area (Å²) in [5.74, 6) is 0. The van der Waals surface area contributed by atoms with Gasteiger partial charge in [0.2, 0.25) is 0 Å².